The van der Waals surface area contributed by atoms with Crippen molar-refractivity contribution in [3.8, 4) is 11.1 Å². The van der Waals surface area contributed by atoms with Gasteiger partial charge in [-0.1, -0.05) is 55.8 Å². The zero-order chi connectivity index (χ0) is 24.4. The molecule has 0 saturated heterocycles. The molecule has 1 atom stereocenters. The summed E-state index contributed by atoms with van der Waals surface area (Å²) in [6.07, 6.45) is 0. The van der Waals surface area contributed by atoms with Gasteiger partial charge < -0.3 is 15.0 Å². The van der Waals surface area contributed by atoms with E-state index in [-0.39, 0.29) is 17.7 Å². The molecule has 3 aromatic carbocycles. The molecule has 3 aromatic rings. The lowest BCUT2D eigenvalue weighted by Crippen LogP contribution is -2.45. The number of hydrogen-bond donors (Lipinski definition) is 1. The molecule has 0 spiro atoms. The molecule has 6 nitrogen and oxygen atoms in total. The Morgan fingerprint density at radius 1 is 0.941 bits per heavy atom. The van der Waals surface area contributed by atoms with Crippen LogP contribution in [0.2, 0.25) is 0 Å². The Hall–Kier alpha value is -3.93. The molecular weight excluding hydrogens is 428 g/mol. The number of rotatable bonds is 6. The van der Waals surface area contributed by atoms with E-state index in [9.17, 15) is 14.4 Å². The van der Waals surface area contributed by atoms with Gasteiger partial charge in [0.05, 0.1) is 7.11 Å². The summed E-state index contributed by atoms with van der Waals surface area (Å²) in [6.45, 7) is 6.17. The number of fused-ring (bicyclic) bond motifs is 1. The fraction of sp³-hybridized carbons (Fsp3) is 0.250. The highest BCUT2D eigenvalue weighted by molar-refractivity contribution is 6.04. The Bertz CT molecular complexity index is 1230. The van der Waals surface area contributed by atoms with E-state index in [0.717, 1.165) is 22.3 Å². The van der Waals surface area contributed by atoms with E-state index in [0.29, 0.717) is 23.4 Å². The first kappa shape index (κ1) is 23.2. The fourth-order valence-electron chi connectivity index (χ4n) is 4.26. The third-order valence-electron chi connectivity index (χ3n) is 6.14. The van der Waals surface area contributed by atoms with Crippen molar-refractivity contribution in [2.75, 3.05) is 12.4 Å². The first-order valence-corrected chi connectivity index (χ1v) is 11.3. The number of carbonyl (C=O) groups is 3. The molecule has 4 rings (SSSR count). The van der Waals surface area contributed by atoms with Crippen LogP contribution in [0.15, 0.2) is 66.7 Å². The van der Waals surface area contributed by atoms with Crippen LogP contribution >= 0.6 is 0 Å². The summed E-state index contributed by atoms with van der Waals surface area (Å²) < 4.78 is 4.94. The van der Waals surface area contributed by atoms with Gasteiger partial charge in [-0.05, 0) is 59.9 Å². The van der Waals surface area contributed by atoms with Gasteiger partial charge in [0.1, 0.15) is 6.04 Å². The van der Waals surface area contributed by atoms with E-state index >= 15 is 0 Å². The van der Waals surface area contributed by atoms with Gasteiger partial charge in [-0.2, -0.15) is 0 Å². The van der Waals surface area contributed by atoms with Gasteiger partial charge in [0.25, 0.3) is 11.8 Å². The minimum atomic E-state index is -0.621. The van der Waals surface area contributed by atoms with Crippen LogP contribution in [0.4, 0.5) is 5.69 Å². The van der Waals surface area contributed by atoms with Gasteiger partial charge in [0, 0.05) is 23.4 Å². The largest absolute Gasteiger partial charge is 0.467 e. The highest BCUT2D eigenvalue weighted by Crippen LogP contribution is 2.32. The normalized spacial score (nSPS) is 13.6. The standard InChI is InChI=1S/C28H28N2O4/c1-17(2)25(28(33)34-4)30-16-22-10-9-21(15-24(22)27(30)32)19-11-13-23(14-12-19)29-26(31)20-7-5-18(3)6-8-20/h5-15,17,25H,16H2,1-4H3,(H,29,31)/t25-/m0/s1. The van der Waals surface area contributed by atoms with Crippen molar-refractivity contribution in [3.63, 3.8) is 0 Å². The molecule has 2 amide bonds. The van der Waals surface area contributed by atoms with Gasteiger partial charge >= 0.3 is 5.97 Å². The summed E-state index contributed by atoms with van der Waals surface area (Å²) in [5.74, 6) is -0.795. The molecule has 0 radical (unpaired) electrons. The summed E-state index contributed by atoms with van der Waals surface area (Å²) in [4.78, 5) is 39.5. The van der Waals surface area contributed by atoms with E-state index in [2.05, 4.69) is 5.32 Å². The predicted molar refractivity (Wildman–Crippen MR) is 132 cm³/mol. The molecule has 1 N–H and O–H groups in total. The zero-order valence-electron chi connectivity index (χ0n) is 19.8. The first-order valence-electron chi connectivity index (χ1n) is 11.3. The van der Waals surface area contributed by atoms with Gasteiger partial charge in [0.2, 0.25) is 0 Å². The highest BCUT2D eigenvalue weighted by atomic mass is 16.5. The Morgan fingerprint density at radius 3 is 2.21 bits per heavy atom. The molecule has 6 heteroatoms. The van der Waals surface area contributed by atoms with E-state index in [1.807, 2.05) is 75.4 Å². The Balaban J connectivity index is 1.51. The maximum Gasteiger partial charge on any atom is 0.328 e. The average Bonchev–Trinajstić information content (AvgIpc) is 3.15. The Kier molecular flexibility index (Phi) is 6.50. The van der Waals surface area contributed by atoms with Crippen molar-refractivity contribution in [3.05, 3.63) is 89.0 Å². The molecular formula is C28H28N2O4. The number of nitrogens with one attached hydrogen (secondary N) is 1. The van der Waals surface area contributed by atoms with Crippen molar-refractivity contribution < 1.29 is 19.1 Å². The van der Waals surface area contributed by atoms with Crippen LogP contribution in [0.1, 0.15) is 45.7 Å². The van der Waals surface area contributed by atoms with Crippen LogP contribution in [0.5, 0.6) is 0 Å². The molecule has 0 saturated carbocycles. The molecule has 34 heavy (non-hydrogen) atoms. The van der Waals surface area contributed by atoms with Crippen LogP contribution in [0, 0.1) is 12.8 Å². The molecule has 174 valence electrons. The molecule has 0 bridgehead atoms. The monoisotopic (exact) mass is 456 g/mol. The molecule has 1 aliphatic rings. The topological polar surface area (TPSA) is 75.7 Å². The van der Waals surface area contributed by atoms with Crippen LogP contribution < -0.4 is 5.32 Å². The number of carbonyl (C=O) groups excluding carboxylic acids is 3. The molecule has 0 fully saturated rings. The number of benzene rings is 3. The van der Waals surface area contributed by atoms with Crippen LogP contribution in [-0.4, -0.2) is 35.8 Å². The lowest BCUT2D eigenvalue weighted by molar-refractivity contribution is -0.147. The SMILES string of the molecule is COC(=O)[C@H](C(C)C)N1Cc2ccc(-c3ccc(NC(=O)c4ccc(C)cc4)cc3)cc2C1=O. The van der Waals surface area contributed by atoms with Gasteiger partial charge in [-0.25, -0.2) is 4.79 Å². The van der Waals surface area contributed by atoms with Crippen molar-refractivity contribution in [2.24, 2.45) is 5.92 Å². The van der Waals surface area contributed by atoms with Crippen molar-refractivity contribution in [2.45, 2.75) is 33.4 Å². The molecule has 0 unspecified atom stereocenters. The van der Waals surface area contributed by atoms with Gasteiger partial charge in [0.15, 0.2) is 0 Å². The summed E-state index contributed by atoms with van der Waals surface area (Å²) in [7, 11) is 1.34. The number of anilines is 1. The summed E-state index contributed by atoms with van der Waals surface area (Å²) in [5, 5.41) is 2.91. The molecule has 0 aromatic heterocycles. The summed E-state index contributed by atoms with van der Waals surface area (Å²) in [6, 6.07) is 20.1. The number of esters is 1. The number of amides is 2. The molecule has 0 aliphatic carbocycles. The summed E-state index contributed by atoms with van der Waals surface area (Å²) >= 11 is 0. The van der Waals surface area contributed by atoms with Gasteiger partial charge in [-0.15, -0.1) is 0 Å². The van der Waals surface area contributed by atoms with Gasteiger partial charge in [-0.3, -0.25) is 9.59 Å². The second-order valence-corrected chi connectivity index (χ2v) is 8.91. The smallest absolute Gasteiger partial charge is 0.328 e. The number of nitrogens with zero attached hydrogens (tertiary/aromatic N) is 1. The van der Waals surface area contributed by atoms with E-state index in [1.165, 1.54) is 7.11 Å². The van der Waals surface area contributed by atoms with E-state index < -0.39 is 12.0 Å². The maximum absolute atomic E-state index is 13.1. The predicted octanol–water partition coefficient (Wildman–Crippen LogP) is 5.07. The number of ether oxygens (including phenoxy) is 1. The molecule has 1 heterocycles. The van der Waals surface area contributed by atoms with Crippen LogP contribution in [-0.2, 0) is 16.1 Å². The number of hydrogen-bond acceptors (Lipinski definition) is 4. The number of aryl methyl sites for hydroxylation is 1. The lowest BCUT2D eigenvalue weighted by Gasteiger charge is -2.28. The Morgan fingerprint density at radius 2 is 1.59 bits per heavy atom. The van der Waals surface area contributed by atoms with Crippen molar-refractivity contribution in [1.29, 1.82) is 0 Å². The minimum absolute atomic E-state index is 0.0622. The highest BCUT2D eigenvalue weighted by Gasteiger charge is 2.38. The lowest BCUT2D eigenvalue weighted by atomic mass is 10.00. The average molecular weight is 457 g/mol. The quantitative estimate of drug-likeness (QED) is 0.526. The molecule has 1 aliphatic heterocycles. The van der Waals surface area contributed by atoms with Crippen molar-refractivity contribution >= 4 is 23.5 Å². The zero-order valence-corrected chi connectivity index (χ0v) is 19.8. The van der Waals surface area contributed by atoms with E-state index in [4.69, 9.17) is 4.74 Å². The third-order valence-corrected chi connectivity index (χ3v) is 6.14. The first-order chi connectivity index (χ1) is 16.3. The summed E-state index contributed by atoms with van der Waals surface area (Å²) in [5.41, 5.74) is 5.70. The number of methoxy groups -OCH3 is 1. The maximum atomic E-state index is 13.1. The second kappa shape index (κ2) is 9.51. The van der Waals surface area contributed by atoms with Crippen molar-refractivity contribution in [1.82, 2.24) is 4.90 Å². The van der Waals surface area contributed by atoms with Crippen LogP contribution in [0.25, 0.3) is 11.1 Å². The van der Waals surface area contributed by atoms with E-state index in [1.54, 1.807) is 17.0 Å². The Labute approximate surface area is 199 Å². The third kappa shape index (κ3) is 4.57. The fourth-order valence-corrected chi connectivity index (χ4v) is 4.26. The minimum Gasteiger partial charge on any atom is -0.467 e. The van der Waals surface area contributed by atoms with Crippen LogP contribution in [0.3, 0.4) is 0 Å². The second-order valence-electron chi connectivity index (χ2n) is 8.91.